The monoisotopic (exact) mass is 258 g/mol. The zero-order valence-corrected chi connectivity index (χ0v) is 11.3. The second-order valence-electron chi connectivity index (χ2n) is 4.83. The average molecular weight is 258 g/mol. The van der Waals surface area contributed by atoms with Crippen molar-refractivity contribution in [2.45, 2.75) is 26.3 Å². The molecule has 1 aliphatic heterocycles. The van der Waals surface area contributed by atoms with Gasteiger partial charge in [0.25, 0.3) is 0 Å². The molecule has 1 aromatic heterocycles. The maximum Gasteiger partial charge on any atom is 0.162 e. The van der Waals surface area contributed by atoms with E-state index in [2.05, 4.69) is 24.1 Å². The Labute approximate surface area is 112 Å². The lowest BCUT2D eigenvalue weighted by Gasteiger charge is -2.20. The van der Waals surface area contributed by atoms with Crippen molar-refractivity contribution in [1.29, 1.82) is 0 Å². The van der Waals surface area contributed by atoms with Crippen LogP contribution < -0.4 is 14.8 Å². The molecular formula is C15H18N2O2. The quantitative estimate of drug-likeness (QED) is 0.918. The highest BCUT2D eigenvalue weighted by atomic mass is 16.6. The minimum Gasteiger partial charge on any atom is -0.486 e. The molecule has 4 heteroatoms. The molecule has 3 rings (SSSR count). The van der Waals surface area contributed by atoms with E-state index in [1.165, 1.54) is 0 Å². The summed E-state index contributed by atoms with van der Waals surface area (Å²) in [6.45, 7) is 5.52. The third-order valence-corrected chi connectivity index (χ3v) is 3.42. The lowest BCUT2D eigenvalue weighted by atomic mass is 10.1. The van der Waals surface area contributed by atoms with Gasteiger partial charge in [-0.2, -0.15) is 0 Å². The minimum absolute atomic E-state index is 0.395. The van der Waals surface area contributed by atoms with Crippen LogP contribution in [0.25, 0.3) is 10.8 Å². The molecular weight excluding hydrogens is 240 g/mol. The van der Waals surface area contributed by atoms with Crippen molar-refractivity contribution >= 4 is 16.6 Å². The van der Waals surface area contributed by atoms with Crippen LogP contribution in [0.3, 0.4) is 0 Å². The Kier molecular flexibility index (Phi) is 3.15. The van der Waals surface area contributed by atoms with Gasteiger partial charge in [0.05, 0.1) is 0 Å². The van der Waals surface area contributed by atoms with Gasteiger partial charge in [0.1, 0.15) is 19.0 Å². The molecule has 2 heterocycles. The highest BCUT2D eigenvalue weighted by Gasteiger charge is 2.14. The lowest BCUT2D eigenvalue weighted by Crippen LogP contribution is -2.16. The van der Waals surface area contributed by atoms with Gasteiger partial charge in [-0.1, -0.05) is 6.92 Å². The number of nitrogens with one attached hydrogen (secondary N) is 1. The predicted octanol–water partition coefficient (Wildman–Crippen LogP) is 3.22. The van der Waals surface area contributed by atoms with Crippen LogP contribution >= 0.6 is 0 Å². The van der Waals surface area contributed by atoms with Crippen molar-refractivity contribution in [2.75, 3.05) is 18.5 Å². The molecule has 1 atom stereocenters. The summed E-state index contributed by atoms with van der Waals surface area (Å²) in [5.74, 6) is 2.53. The van der Waals surface area contributed by atoms with E-state index in [1.807, 2.05) is 24.4 Å². The number of hydrogen-bond acceptors (Lipinski definition) is 4. The average Bonchev–Trinajstić information content (AvgIpc) is 2.45. The Morgan fingerprint density at radius 2 is 2.00 bits per heavy atom. The number of benzene rings is 1. The molecule has 0 spiro atoms. The summed E-state index contributed by atoms with van der Waals surface area (Å²) in [7, 11) is 0. The van der Waals surface area contributed by atoms with E-state index in [0.717, 1.165) is 34.5 Å². The molecule has 1 aromatic carbocycles. The van der Waals surface area contributed by atoms with Crippen molar-refractivity contribution in [2.24, 2.45) is 0 Å². The predicted molar refractivity (Wildman–Crippen MR) is 76.1 cm³/mol. The van der Waals surface area contributed by atoms with Gasteiger partial charge in [0.15, 0.2) is 11.5 Å². The SMILES string of the molecule is CCC(C)Nc1nccc2cc3c(cc12)OCCO3. The van der Waals surface area contributed by atoms with E-state index >= 15 is 0 Å². The van der Waals surface area contributed by atoms with Crippen molar-refractivity contribution in [1.82, 2.24) is 4.98 Å². The Bertz CT molecular complexity index is 598. The fourth-order valence-electron chi connectivity index (χ4n) is 2.16. The number of anilines is 1. The molecule has 2 aromatic rings. The fourth-order valence-corrected chi connectivity index (χ4v) is 2.16. The van der Waals surface area contributed by atoms with E-state index < -0.39 is 0 Å². The zero-order chi connectivity index (χ0) is 13.2. The van der Waals surface area contributed by atoms with E-state index in [0.29, 0.717) is 19.3 Å². The Balaban J connectivity index is 2.08. The van der Waals surface area contributed by atoms with Crippen LogP contribution in [0, 0.1) is 0 Å². The molecule has 0 radical (unpaired) electrons. The Hall–Kier alpha value is -1.97. The summed E-state index contributed by atoms with van der Waals surface area (Å²) in [6, 6.07) is 6.43. The van der Waals surface area contributed by atoms with Crippen molar-refractivity contribution in [3.8, 4) is 11.5 Å². The third kappa shape index (κ3) is 2.30. The van der Waals surface area contributed by atoms with Gasteiger partial charge >= 0.3 is 0 Å². The number of ether oxygens (including phenoxy) is 2. The summed E-state index contributed by atoms with van der Waals surface area (Å²) >= 11 is 0. The number of rotatable bonds is 3. The molecule has 0 bridgehead atoms. The van der Waals surface area contributed by atoms with Crippen molar-refractivity contribution in [3.05, 3.63) is 24.4 Å². The summed E-state index contributed by atoms with van der Waals surface area (Å²) in [4.78, 5) is 4.44. The Morgan fingerprint density at radius 1 is 1.26 bits per heavy atom. The number of fused-ring (bicyclic) bond motifs is 2. The van der Waals surface area contributed by atoms with Crippen LogP contribution in [-0.2, 0) is 0 Å². The van der Waals surface area contributed by atoms with Gasteiger partial charge in [-0.25, -0.2) is 4.98 Å². The maximum atomic E-state index is 5.64. The minimum atomic E-state index is 0.395. The standard InChI is InChI=1S/C15H18N2O2/c1-3-10(2)17-15-12-9-14-13(18-6-7-19-14)8-11(12)4-5-16-15/h4-5,8-10H,3,6-7H2,1-2H3,(H,16,17). The molecule has 4 nitrogen and oxygen atoms in total. The molecule has 19 heavy (non-hydrogen) atoms. The normalized spacial score (nSPS) is 15.3. The molecule has 1 unspecified atom stereocenters. The van der Waals surface area contributed by atoms with E-state index in [4.69, 9.17) is 9.47 Å². The zero-order valence-electron chi connectivity index (χ0n) is 11.3. The maximum absolute atomic E-state index is 5.64. The van der Waals surface area contributed by atoms with Crippen LogP contribution in [0.1, 0.15) is 20.3 Å². The van der Waals surface area contributed by atoms with Crippen LogP contribution in [0.4, 0.5) is 5.82 Å². The highest BCUT2D eigenvalue weighted by Crippen LogP contribution is 2.36. The van der Waals surface area contributed by atoms with E-state index in [1.54, 1.807) is 0 Å². The molecule has 0 amide bonds. The van der Waals surface area contributed by atoms with Gasteiger partial charge in [0, 0.05) is 17.6 Å². The first-order valence-corrected chi connectivity index (χ1v) is 6.73. The topological polar surface area (TPSA) is 43.4 Å². The molecule has 0 saturated heterocycles. The van der Waals surface area contributed by atoms with Gasteiger partial charge < -0.3 is 14.8 Å². The molecule has 1 aliphatic rings. The summed E-state index contributed by atoms with van der Waals surface area (Å²) < 4.78 is 11.2. The Morgan fingerprint density at radius 3 is 2.74 bits per heavy atom. The first-order chi connectivity index (χ1) is 9.28. The summed E-state index contributed by atoms with van der Waals surface area (Å²) in [5.41, 5.74) is 0. The summed E-state index contributed by atoms with van der Waals surface area (Å²) in [5, 5.41) is 5.63. The van der Waals surface area contributed by atoms with Crippen LogP contribution in [0.2, 0.25) is 0 Å². The number of aromatic nitrogens is 1. The smallest absolute Gasteiger partial charge is 0.162 e. The van der Waals surface area contributed by atoms with E-state index in [9.17, 15) is 0 Å². The molecule has 1 N–H and O–H groups in total. The van der Waals surface area contributed by atoms with E-state index in [-0.39, 0.29) is 0 Å². The van der Waals surface area contributed by atoms with Crippen LogP contribution in [0.5, 0.6) is 11.5 Å². The van der Waals surface area contributed by atoms with Gasteiger partial charge in [0.2, 0.25) is 0 Å². The van der Waals surface area contributed by atoms with Crippen molar-refractivity contribution in [3.63, 3.8) is 0 Å². The molecule has 0 fully saturated rings. The first kappa shape index (κ1) is 12.1. The number of pyridine rings is 1. The molecule has 100 valence electrons. The third-order valence-electron chi connectivity index (χ3n) is 3.42. The largest absolute Gasteiger partial charge is 0.486 e. The fraction of sp³-hybridized carbons (Fsp3) is 0.400. The summed E-state index contributed by atoms with van der Waals surface area (Å²) in [6.07, 6.45) is 2.88. The highest BCUT2D eigenvalue weighted by molar-refractivity contribution is 5.94. The van der Waals surface area contributed by atoms with Gasteiger partial charge in [-0.3, -0.25) is 0 Å². The molecule has 0 saturated carbocycles. The second kappa shape index (κ2) is 4.96. The van der Waals surface area contributed by atoms with Crippen LogP contribution in [0.15, 0.2) is 24.4 Å². The van der Waals surface area contributed by atoms with Gasteiger partial charge in [-0.15, -0.1) is 0 Å². The lowest BCUT2D eigenvalue weighted by molar-refractivity contribution is 0.172. The van der Waals surface area contributed by atoms with Gasteiger partial charge in [-0.05, 0) is 36.9 Å². The van der Waals surface area contributed by atoms with Crippen LogP contribution in [-0.4, -0.2) is 24.2 Å². The van der Waals surface area contributed by atoms with Crippen molar-refractivity contribution < 1.29 is 9.47 Å². The second-order valence-corrected chi connectivity index (χ2v) is 4.83. The first-order valence-electron chi connectivity index (χ1n) is 6.73. The number of hydrogen-bond donors (Lipinski definition) is 1. The molecule has 0 aliphatic carbocycles. The number of nitrogens with zero attached hydrogens (tertiary/aromatic N) is 1.